The summed E-state index contributed by atoms with van der Waals surface area (Å²) in [7, 11) is 1.67. The predicted octanol–water partition coefficient (Wildman–Crippen LogP) is 2.22. The number of nitrogens with one attached hydrogen (secondary N) is 1. The average Bonchev–Trinajstić information content (AvgIpc) is 3.52. The highest BCUT2D eigenvalue weighted by molar-refractivity contribution is 7.93. The molecule has 11 nitrogen and oxygen atoms in total. The maximum absolute atomic E-state index is 14.0. The van der Waals surface area contributed by atoms with Crippen LogP contribution in [0.15, 0.2) is 60.0 Å². The van der Waals surface area contributed by atoms with E-state index in [1.165, 1.54) is 58.1 Å². The van der Waals surface area contributed by atoms with Gasteiger partial charge in [-0.3, -0.25) is 4.79 Å². The molecule has 0 saturated heterocycles. The Bertz CT molecular complexity index is 1470. The Morgan fingerprint density at radius 3 is 2.39 bits per heavy atom. The number of H-pyrrole nitrogens is 1. The molecule has 2 aromatic carbocycles. The number of anilines is 1. The standard InChI is InChI=1S/C24H27N5O6S/c1-28-8-7-15-9-18(5-6-20(15)28)36(31,32)29(24(30)19(25)10-16-13-26-14-27-16)17-11-21(33-2)23(35-4)22(12-17)34-3/h5-9,11-14,19H,10,25H2,1-4H3,(H,26,27)/t19-/m0/s1. The third-order valence-corrected chi connectivity index (χ3v) is 7.51. The molecule has 190 valence electrons. The number of imidazole rings is 1. The van der Waals surface area contributed by atoms with E-state index in [1.54, 1.807) is 12.1 Å². The number of amides is 1. The van der Waals surface area contributed by atoms with Gasteiger partial charge in [-0.25, -0.2) is 17.7 Å². The summed E-state index contributed by atoms with van der Waals surface area (Å²) >= 11 is 0. The second-order valence-corrected chi connectivity index (χ2v) is 9.81. The molecule has 0 saturated carbocycles. The van der Waals surface area contributed by atoms with Crippen LogP contribution < -0.4 is 24.2 Å². The molecule has 0 unspecified atom stereocenters. The van der Waals surface area contributed by atoms with Crippen LogP contribution >= 0.6 is 0 Å². The zero-order chi connectivity index (χ0) is 26.0. The SMILES string of the molecule is COc1cc(N(C(=O)[C@@H](N)Cc2cnc[nH]2)S(=O)(=O)c2ccc3c(ccn3C)c2)cc(OC)c1OC. The van der Waals surface area contributed by atoms with Gasteiger partial charge in [-0.05, 0) is 24.3 Å². The number of aryl methyl sites for hydroxylation is 1. The lowest BCUT2D eigenvalue weighted by molar-refractivity contribution is -0.118. The van der Waals surface area contributed by atoms with Gasteiger partial charge in [0, 0.05) is 54.6 Å². The van der Waals surface area contributed by atoms with Crippen LogP contribution in [0.3, 0.4) is 0 Å². The Hall–Kier alpha value is -4.03. The molecular weight excluding hydrogens is 486 g/mol. The number of nitrogens with zero attached hydrogens (tertiary/aromatic N) is 3. The normalized spacial score (nSPS) is 12.4. The molecule has 0 spiro atoms. The van der Waals surface area contributed by atoms with Crippen molar-refractivity contribution in [3.63, 3.8) is 0 Å². The lowest BCUT2D eigenvalue weighted by Gasteiger charge is -2.26. The number of aromatic amines is 1. The second-order valence-electron chi connectivity index (χ2n) is 8.03. The number of benzene rings is 2. The van der Waals surface area contributed by atoms with E-state index in [9.17, 15) is 13.2 Å². The molecular formula is C24H27N5O6S. The van der Waals surface area contributed by atoms with Crippen molar-refractivity contribution in [2.75, 3.05) is 25.6 Å². The number of carbonyl (C=O) groups excluding carboxylic acids is 1. The smallest absolute Gasteiger partial charge is 0.270 e. The molecule has 3 N–H and O–H groups in total. The van der Waals surface area contributed by atoms with Crippen LogP contribution in [-0.4, -0.2) is 56.2 Å². The lowest BCUT2D eigenvalue weighted by atomic mass is 10.1. The zero-order valence-electron chi connectivity index (χ0n) is 20.3. The van der Waals surface area contributed by atoms with Gasteiger partial charge in [0.05, 0.1) is 44.3 Å². The number of sulfonamides is 1. The molecule has 4 rings (SSSR count). The molecule has 4 aromatic rings. The van der Waals surface area contributed by atoms with E-state index in [2.05, 4.69) is 9.97 Å². The van der Waals surface area contributed by atoms with Crippen LogP contribution in [0.5, 0.6) is 17.2 Å². The number of aromatic nitrogens is 3. The lowest BCUT2D eigenvalue weighted by Crippen LogP contribution is -2.48. The van der Waals surface area contributed by atoms with Crippen molar-refractivity contribution in [1.82, 2.24) is 14.5 Å². The molecule has 2 heterocycles. The summed E-state index contributed by atoms with van der Waals surface area (Å²) in [6, 6.07) is 8.04. The summed E-state index contributed by atoms with van der Waals surface area (Å²) in [5, 5.41) is 0.706. The van der Waals surface area contributed by atoms with Crippen LogP contribution in [-0.2, 0) is 28.3 Å². The highest BCUT2D eigenvalue weighted by Crippen LogP contribution is 2.42. The summed E-state index contributed by atoms with van der Waals surface area (Å²) in [4.78, 5) is 20.4. The monoisotopic (exact) mass is 513 g/mol. The van der Waals surface area contributed by atoms with Gasteiger partial charge in [-0.1, -0.05) is 0 Å². The fraction of sp³-hybridized carbons (Fsp3) is 0.250. The van der Waals surface area contributed by atoms with Gasteiger partial charge < -0.3 is 29.5 Å². The summed E-state index contributed by atoms with van der Waals surface area (Å²) in [5.41, 5.74) is 7.64. The molecule has 0 radical (unpaired) electrons. The maximum Gasteiger partial charge on any atom is 0.270 e. The highest BCUT2D eigenvalue weighted by atomic mass is 32.2. The maximum atomic E-state index is 14.0. The summed E-state index contributed by atoms with van der Waals surface area (Å²) in [6.45, 7) is 0. The first-order valence-corrected chi connectivity index (χ1v) is 12.3. The van der Waals surface area contributed by atoms with Crippen LogP contribution in [0.4, 0.5) is 5.69 Å². The van der Waals surface area contributed by atoms with E-state index < -0.39 is 22.0 Å². The van der Waals surface area contributed by atoms with E-state index in [0.29, 0.717) is 15.4 Å². The van der Waals surface area contributed by atoms with Crippen molar-refractivity contribution in [1.29, 1.82) is 0 Å². The fourth-order valence-electron chi connectivity index (χ4n) is 3.97. The topological polar surface area (TPSA) is 142 Å². The van der Waals surface area contributed by atoms with Crippen LogP contribution in [0.2, 0.25) is 0 Å². The van der Waals surface area contributed by atoms with Crippen LogP contribution in [0.25, 0.3) is 10.9 Å². The number of rotatable bonds is 9. The first kappa shape index (κ1) is 25.1. The van der Waals surface area contributed by atoms with Crippen molar-refractivity contribution in [3.8, 4) is 17.2 Å². The Morgan fingerprint density at radius 2 is 1.81 bits per heavy atom. The van der Waals surface area contributed by atoms with E-state index in [4.69, 9.17) is 19.9 Å². The molecule has 0 fully saturated rings. The number of nitrogens with two attached hydrogens (primary N) is 1. The largest absolute Gasteiger partial charge is 0.493 e. The van der Waals surface area contributed by atoms with E-state index in [-0.39, 0.29) is 34.3 Å². The molecule has 12 heteroatoms. The molecule has 1 amide bonds. The quantitative estimate of drug-likeness (QED) is 0.347. The van der Waals surface area contributed by atoms with Gasteiger partial charge in [0.2, 0.25) is 5.75 Å². The van der Waals surface area contributed by atoms with Crippen LogP contribution in [0.1, 0.15) is 5.69 Å². The van der Waals surface area contributed by atoms with Gasteiger partial charge in [0.15, 0.2) is 11.5 Å². The Kier molecular flexibility index (Phi) is 6.91. The number of methoxy groups -OCH3 is 3. The van der Waals surface area contributed by atoms with Crippen molar-refractivity contribution >= 4 is 32.5 Å². The number of hydrogen-bond acceptors (Lipinski definition) is 8. The Labute approximate surface area is 208 Å². The molecule has 0 bridgehead atoms. The Morgan fingerprint density at radius 1 is 1.11 bits per heavy atom. The van der Waals surface area contributed by atoms with E-state index >= 15 is 0 Å². The number of ether oxygens (including phenoxy) is 3. The highest BCUT2D eigenvalue weighted by Gasteiger charge is 2.36. The third kappa shape index (κ3) is 4.48. The van der Waals surface area contributed by atoms with Gasteiger partial charge in [-0.15, -0.1) is 0 Å². The molecule has 2 aromatic heterocycles. The summed E-state index contributed by atoms with van der Waals surface area (Å²) in [5.74, 6) is -0.228. The van der Waals surface area contributed by atoms with Gasteiger partial charge in [0.25, 0.3) is 15.9 Å². The van der Waals surface area contributed by atoms with E-state index in [0.717, 1.165) is 5.52 Å². The van der Waals surface area contributed by atoms with Gasteiger partial charge >= 0.3 is 0 Å². The molecule has 0 aliphatic rings. The molecule has 1 atom stereocenters. The fourth-order valence-corrected chi connectivity index (χ4v) is 5.45. The zero-order valence-corrected chi connectivity index (χ0v) is 21.1. The van der Waals surface area contributed by atoms with Gasteiger partial charge in [-0.2, -0.15) is 0 Å². The minimum atomic E-state index is -4.41. The number of hydrogen-bond donors (Lipinski definition) is 2. The van der Waals surface area contributed by atoms with Crippen molar-refractivity contribution in [2.45, 2.75) is 17.4 Å². The Balaban J connectivity index is 1.88. The molecule has 0 aliphatic heterocycles. The third-order valence-electron chi connectivity index (χ3n) is 5.79. The van der Waals surface area contributed by atoms with Crippen molar-refractivity contribution in [3.05, 3.63) is 60.8 Å². The first-order valence-electron chi connectivity index (χ1n) is 10.9. The average molecular weight is 514 g/mol. The van der Waals surface area contributed by atoms with Gasteiger partial charge in [0.1, 0.15) is 0 Å². The second kappa shape index (κ2) is 9.91. The summed E-state index contributed by atoms with van der Waals surface area (Å²) < 4.78 is 46.7. The minimum Gasteiger partial charge on any atom is -0.493 e. The number of carbonyl (C=O) groups is 1. The van der Waals surface area contributed by atoms with Crippen LogP contribution in [0, 0.1) is 0 Å². The predicted molar refractivity (Wildman–Crippen MR) is 134 cm³/mol. The molecule has 36 heavy (non-hydrogen) atoms. The first-order chi connectivity index (χ1) is 17.2. The van der Waals surface area contributed by atoms with E-state index in [1.807, 2.05) is 17.8 Å². The molecule has 0 aliphatic carbocycles. The van der Waals surface area contributed by atoms with Crippen molar-refractivity contribution < 1.29 is 27.4 Å². The summed E-state index contributed by atoms with van der Waals surface area (Å²) in [6.07, 6.45) is 4.85. The minimum absolute atomic E-state index is 0.0114. The van der Waals surface area contributed by atoms with Crippen molar-refractivity contribution in [2.24, 2.45) is 12.8 Å². The number of fused-ring (bicyclic) bond motifs is 1.